The Labute approximate surface area is 894 Å². The molecule has 0 unspecified atom stereocenters. The van der Waals surface area contributed by atoms with Crippen LogP contribution in [0.4, 0.5) is 54.2 Å². The largest absolute Gasteiger partial charge is 0.457 e. The van der Waals surface area contributed by atoms with Gasteiger partial charge >= 0.3 is 18.1 Å². The standard InChI is InChI=1S/C30H26Cl2N4O3.C30H26Cl2N4O2.C26H24Cl4N4O2.C25H24Cl2N4O2/c31-22-8-6-19(27(32)16-22)15-28(33)29(37)36-17-20-7-9-24(14-21(20)18-36)35-30(38)34-23-10-12-26(13-11-23)39-25-4-2-1-3-5-25;31-24-10-6-21(27(32)16-24)15-28(33)29(37)36-17-22-9-13-26(14-23(22)18-36)35-30(38)34-25-11-7-20(8-12-25)19-4-2-1-3-5-19;27-18-4-1-14(21(29)10-18)8-23(31)25(35)33-20-6-3-16-12-34(13-17(16)7-20)26(36)24(32)9-15-2-5-19(28)11-22(15)30;1-15-2-7-20(8-3-15)29-25(33)30-21-9-5-17-13-31(14-18(17)10-21)24(32)23(28)11-16-4-6-19(26)12-22(16)27/h1-14,16,28H,15,17-18,33H2,(H2,34,35,38);1-14,16,28H,15,17-18,33H2,(H2,34,35,38);1-7,10-11,23-24H,8-9,12-13,31-32H2,(H,33,35);2-10,12,23H,11,13-14,28H2,1H3,(H2,29,30,33)/t2*28-;23-,24+;23-/m1101/s1. The number of nitrogens with two attached hydrogens (primary N) is 5. The number of amides is 11. The Hall–Kier alpha value is -13.3. The molecule has 0 radical (unpaired) electrons. The maximum Gasteiger partial charge on any atom is 0.323 e. The van der Waals surface area contributed by atoms with E-state index in [0.717, 1.165) is 94.8 Å². The van der Waals surface area contributed by atoms with E-state index in [1.54, 1.807) is 141 Å². The van der Waals surface area contributed by atoms with E-state index in [1.807, 2.05) is 183 Å². The number of ether oxygens (including phenoxy) is 1. The second-order valence-electron chi connectivity index (χ2n) is 35.4. The first-order valence-corrected chi connectivity index (χ1v) is 50.1. The number of urea groups is 3. The lowest BCUT2D eigenvalue weighted by Gasteiger charge is -2.20. The fourth-order valence-electron chi connectivity index (χ4n) is 16.9. The van der Waals surface area contributed by atoms with Crippen molar-refractivity contribution in [3.05, 3.63) is 425 Å². The van der Waals surface area contributed by atoms with Crippen LogP contribution in [0, 0.1) is 6.92 Å². The summed E-state index contributed by atoms with van der Waals surface area (Å²) in [6.45, 7) is 5.51. The van der Waals surface area contributed by atoms with Crippen molar-refractivity contribution in [2.45, 2.75) is 122 Å². The van der Waals surface area contributed by atoms with Crippen molar-refractivity contribution in [2.75, 3.05) is 37.2 Å². The molecule has 17 N–H and O–H groups in total. The zero-order valence-electron chi connectivity index (χ0n) is 78.5. The molecule has 14 aromatic rings. The summed E-state index contributed by atoms with van der Waals surface area (Å²) in [4.78, 5) is 109. The topological polar surface area (TPSA) is 373 Å². The van der Waals surface area contributed by atoms with Crippen LogP contribution < -0.4 is 70.6 Å². The smallest absolute Gasteiger partial charge is 0.323 e. The van der Waals surface area contributed by atoms with Gasteiger partial charge in [-0.3, -0.25) is 24.0 Å². The summed E-state index contributed by atoms with van der Waals surface area (Å²) in [5.41, 5.74) is 50.6. The van der Waals surface area contributed by atoms with Crippen LogP contribution in [0.2, 0.25) is 50.2 Å². The van der Waals surface area contributed by atoms with Crippen LogP contribution in [0.25, 0.3) is 11.1 Å². The monoisotopic (exact) mass is 2150 g/mol. The molecular formula is C111H100Cl10N16O9. The highest BCUT2D eigenvalue weighted by molar-refractivity contribution is 6.37. The maximum atomic E-state index is 13.0. The summed E-state index contributed by atoms with van der Waals surface area (Å²) >= 11 is 60.9. The van der Waals surface area contributed by atoms with Gasteiger partial charge in [-0.05, 0) is 292 Å². The van der Waals surface area contributed by atoms with E-state index in [0.29, 0.717) is 174 Å². The van der Waals surface area contributed by atoms with Crippen LogP contribution >= 0.6 is 116 Å². The Morgan fingerprint density at radius 2 is 0.486 bits per heavy atom. The first-order chi connectivity index (χ1) is 70.1. The van der Waals surface area contributed by atoms with E-state index < -0.39 is 30.2 Å². The van der Waals surface area contributed by atoms with Crippen LogP contribution in [-0.2, 0) is 108 Å². The second-order valence-corrected chi connectivity index (χ2v) is 39.6. The number of para-hydroxylation sites is 1. The van der Waals surface area contributed by atoms with Gasteiger partial charge in [0.1, 0.15) is 11.5 Å². The summed E-state index contributed by atoms with van der Waals surface area (Å²) in [5.74, 6) is 0.423. The Bertz CT molecular complexity index is 7170. The number of nitrogens with one attached hydrogen (secondary N) is 7. The number of carbonyl (C=O) groups excluding carboxylic acids is 8. The molecule has 18 rings (SSSR count). The number of carbonyl (C=O) groups is 8. The molecule has 0 aliphatic carbocycles. The van der Waals surface area contributed by atoms with Gasteiger partial charge in [0.2, 0.25) is 29.5 Å². The van der Waals surface area contributed by atoms with Gasteiger partial charge in [-0.25, -0.2) is 14.4 Å². The molecule has 11 amide bonds. The lowest BCUT2D eigenvalue weighted by atomic mass is 10.1. The fraction of sp³-hybridized carbons (Fsp3) is 0.171. The number of benzene rings is 14. The summed E-state index contributed by atoms with van der Waals surface area (Å²) in [5, 5.41) is 25.0. The molecule has 748 valence electrons. The molecule has 4 heterocycles. The fourth-order valence-corrected chi connectivity index (χ4v) is 19.3. The normalized spacial score (nSPS) is 13.4. The summed E-state index contributed by atoms with van der Waals surface area (Å²) in [7, 11) is 0. The summed E-state index contributed by atoms with van der Waals surface area (Å²) in [6.07, 6.45) is 1.53. The quantitative estimate of drug-likeness (QED) is 0.0253. The van der Waals surface area contributed by atoms with Gasteiger partial charge in [0.05, 0.1) is 30.2 Å². The maximum absolute atomic E-state index is 13.0. The van der Waals surface area contributed by atoms with Gasteiger partial charge in [0.25, 0.3) is 0 Å². The average molecular weight is 2160 g/mol. The number of nitrogens with zero attached hydrogens (tertiary/aromatic N) is 4. The van der Waals surface area contributed by atoms with Gasteiger partial charge in [-0.15, -0.1) is 0 Å². The second kappa shape index (κ2) is 49.8. The molecule has 14 aromatic carbocycles. The molecule has 146 heavy (non-hydrogen) atoms. The first-order valence-electron chi connectivity index (χ1n) is 46.3. The zero-order valence-corrected chi connectivity index (χ0v) is 86.1. The Balaban J connectivity index is 0.000000146. The number of rotatable bonds is 25. The van der Waals surface area contributed by atoms with Gasteiger partial charge in [-0.2, -0.15) is 0 Å². The molecule has 35 heteroatoms. The predicted octanol–water partition coefficient (Wildman–Crippen LogP) is 24.1. The highest BCUT2D eigenvalue weighted by atomic mass is 35.5. The van der Waals surface area contributed by atoms with Gasteiger partial charge in [0.15, 0.2) is 0 Å². The Morgan fingerprint density at radius 1 is 0.253 bits per heavy atom. The number of fused-ring (bicyclic) bond motifs is 4. The van der Waals surface area contributed by atoms with E-state index in [4.69, 9.17) is 149 Å². The Kier molecular flexibility index (Phi) is 36.5. The van der Waals surface area contributed by atoms with E-state index in [-0.39, 0.29) is 54.1 Å². The molecule has 0 bridgehead atoms. The molecule has 0 saturated carbocycles. The van der Waals surface area contributed by atoms with Crippen LogP contribution in [0.3, 0.4) is 0 Å². The molecule has 4 aliphatic heterocycles. The van der Waals surface area contributed by atoms with Crippen molar-refractivity contribution in [2.24, 2.45) is 28.7 Å². The molecule has 0 spiro atoms. The number of halogens is 10. The minimum absolute atomic E-state index is 0.149. The highest BCUT2D eigenvalue weighted by Gasteiger charge is 2.34. The minimum Gasteiger partial charge on any atom is -0.457 e. The predicted molar refractivity (Wildman–Crippen MR) is 586 cm³/mol. The van der Waals surface area contributed by atoms with Gasteiger partial charge in [-0.1, -0.05) is 249 Å². The molecule has 0 aromatic heterocycles. The lowest BCUT2D eigenvalue weighted by Crippen LogP contribution is -2.42. The molecule has 0 fully saturated rings. The van der Waals surface area contributed by atoms with Crippen molar-refractivity contribution in [1.82, 2.24) is 19.6 Å². The van der Waals surface area contributed by atoms with Crippen LogP contribution in [0.15, 0.2) is 297 Å². The molecule has 25 nitrogen and oxygen atoms in total. The van der Waals surface area contributed by atoms with Gasteiger partial charge in [0, 0.05) is 142 Å². The molecular weight excluding hydrogens is 2060 g/mol. The SMILES string of the molecule is Cc1ccc(NC(=O)Nc2ccc3c(c2)CN(C(=O)[C@H](N)Cc2ccc(Cl)cc2Cl)C3)cc1.N[C@H](Cc1ccc(Cl)cc1Cl)C(=O)N1Cc2ccc(NC(=O)Nc3ccc(-c4ccccc4)cc3)cc2C1.N[C@H](Cc1ccc(Cl)cc1Cl)C(=O)N1Cc2ccc(NC(=O)Nc3ccc(Oc4ccccc4)cc3)cc2C1.N[C@H](Cc1ccc(Cl)cc1Cl)C(=O)N1Cc2ccc(NC(=O)[C@@H](N)Cc3ccc(Cl)cc3Cl)cc2C1. The zero-order chi connectivity index (χ0) is 104. The molecule has 0 saturated heterocycles. The van der Waals surface area contributed by atoms with Crippen molar-refractivity contribution in [1.29, 1.82) is 0 Å². The van der Waals surface area contributed by atoms with E-state index >= 15 is 0 Å². The van der Waals surface area contributed by atoms with Crippen molar-refractivity contribution >= 4 is 203 Å². The van der Waals surface area contributed by atoms with Crippen LogP contribution in [-0.4, -0.2) is 97.4 Å². The lowest BCUT2D eigenvalue weighted by molar-refractivity contribution is -0.133. The number of hydrogen-bond acceptors (Lipinski definition) is 14. The minimum atomic E-state index is -0.798. The number of hydrogen-bond donors (Lipinski definition) is 12. The van der Waals surface area contributed by atoms with E-state index in [2.05, 4.69) is 37.2 Å². The van der Waals surface area contributed by atoms with Crippen LogP contribution in [0.5, 0.6) is 11.5 Å². The van der Waals surface area contributed by atoms with Crippen molar-refractivity contribution in [3.63, 3.8) is 0 Å². The summed E-state index contributed by atoms with van der Waals surface area (Å²) in [6, 6.07) is 85.2. The van der Waals surface area contributed by atoms with Crippen LogP contribution in [0.1, 0.15) is 77.9 Å². The third-order valence-electron chi connectivity index (χ3n) is 24.5. The highest BCUT2D eigenvalue weighted by Crippen LogP contribution is 2.37. The third kappa shape index (κ3) is 29.4. The number of aryl methyl sites for hydroxylation is 1. The first kappa shape index (κ1) is 107. The van der Waals surface area contributed by atoms with E-state index in [9.17, 15) is 38.4 Å². The molecule has 5 atom stereocenters. The van der Waals surface area contributed by atoms with Gasteiger partial charge < -0.3 is 90.2 Å². The average Bonchev–Trinajstić information content (AvgIpc) is 1.67. The van der Waals surface area contributed by atoms with Crippen molar-refractivity contribution < 1.29 is 43.1 Å². The Morgan fingerprint density at radius 3 is 0.781 bits per heavy atom. The van der Waals surface area contributed by atoms with E-state index in [1.165, 1.54) is 0 Å². The molecule has 4 aliphatic rings. The number of anilines is 7. The summed E-state index contributed by atoms with van der Waals surface area (Å²) < 4.78 is 5.78. The van der Waals surface area contributed by atoms with Crippen molar-refractivity contribution in [3.8, 4) is 22.6 Å². The third-order valence-corrected chi connectivity index (χ3v) is 27.5.